The van der Waals surface area contributed by atoms with Gasteiger partial charge in [0.05, 0.1) is 0 Å². The standard InChI is InChI=1S/C17H30N2/c1-8-10-14-13(9-2)12(3)15(19-14)16(4,5)11-17(6,7)18/h8,10,19H,9,11,18H2,1-7H3/b10-8-. The minimum absolute atomic E-state index is 0.0616. The third-order valence-electron chi connectivity index (χ3n) is 3.67. The Morgan fingerprint density at radius 1 is 1.21 bits per heavy atom. The van der Waals surface area contributed by atoms with E-state index in [1.807, 2.05) is 0 Å². The Bertz CT molecular complexity index is 456. The molecule has 0 aromatic carbocycles. The van der Waals surface area contributed by atoms with Crippen molar-refractivity contribution in [2.45, 2.75) is 72.3 Å². The van der Waals surface area contributed by atoms with Crippen molar-refractivity contribution in [3.05, 3.63) is 28.6 Å². The minimum Gasteiger partial charge on any atom is -0.358 e. The minimum atomic E-state index is -0.159. The number of H-pyrrole nitrogens is 1. The smallest absolute Gasteiger partial charge is 0.0414 e. The van der Waals surface area contributed by atoms with Gasteiger partial charge in [-0.2, -0.15) is 0 Å². The van der Waals surface area contributed by atoms with Crippen molar-refractivity contribution in [2.24, 2.45) is 5.73 Å². The van der Waals surface area contributed by atoms with Gasteiger partial charge in [0.1, 0.15) is 0 Å². The van der Waals surface area contributed by atoms with E-state index in [0.717, 1.165) is 12.8 Å². The molecule has 0 radical (unpaired) electrons. The van der Waals surface area contributed by atoms with Crippen LogP contribution in [0.25, 0.3) is 6.08 Å². The van der Waals surface area contributed by atoms with Crippen molar-refractivity contribution in [2.75, 3.05) is 0 Å². The van der Waals surface area contributed by atoms with Gasteiger partial charge in [-0.3, -0.25) is 0 Å². The first-order valence-corrected chi connectivity index (χ1v) is 7.26. The van der Waals surface area contributed by atoms with E-state index in [1.165, 1.54) is 22.5 Å². The van der Waals surface area contributed by atoms with Crippen LogP contribution in [0, 0.1) is 6.92 Å². The molecule has 1 rings (SSSR count). The summed E-state index contributed by atoms with van der Waals surface area (Å²) in [6.45, 7) is 15.2. The molecule has 0 amide bonds. The molecule has 0 aliphatic carbocycles. The van der Waals surface area contributed by atoms with Gasteiger partial charge in [-0.25, -0.2) is 0 Å². The van der Waals surface area contributed by atoms with Gasteiger partial charge in [0.15, 0.2) is 0 Å². The van der Waals surface area contributed by atoms with E-state index in [4.69, 9.17) is 5.73 Å². The van der Waals surface area contributed by atoms with Crippen molar-refractivity contribution in [1.82, 2.24) is 4.98 Å². The lowest BCUT2D eigenvalue weighted by Crippen LogP contribution is -2.39. The third kappa shape index (κ3) is 3.73. The van der Waals surface area contributed by atoms with Gasteiger partial charge in [-0.1, -0.05) is 26.8 Å². The summed E-state index contributed by atoms with van der Waals surface area (Å²) in [6.07, 6.45) is 6.27. The summed E-state index contributed by atoms with van der Waals surface area (Å²) in [7, 11) is 0. The SMILES string of the molecule is C/C=C\c1[nH]c(C(C)(C)CC(C)(C)N)c(C)c1CC. The molecule has 0 fully saturated rings. The van der Waals surface area contributed by atoms with Crippen molar-refractivity contribution in [3.63, 3.8) is 0 Å². The molecule has 0 aliphatic heterocycles. The molecule has 1 heterocycles. The number of hydrogen-bond acceptors (Lipinski definition) is 1. The number of hydrogen-bond donors (Lipinski definition) is 2. The Morgan fingerprint density at radius 3 is 2.21 bits per heavy atom. The zero-order valence-corrected chi connectivity index (χ0v) is 13.6. The fourth-order valence-corrected chi connectivity index (χ4v) is 3.33. The fourth-order valence-electron chi connectivity index (χ4n) is 3.33. The van der Waals surface area contributed by atoms with Gasteiger partial charge in [0.2, 0.25) is 0 Å². The average molecular weight is 262 g/mol. The van der Waals surface area contributed by atoms with Crippen LogP contribution in [0.5, 0.6) is 0 Å². The lowest BCUT2D eigenvalue weighted by molar-refractivity contribution is 0.344. The topological polar surface area (TPSA) is 41.8 Å². The highest BCUT2D eigenvalue weighted by Crippen LogP contribution is 2.35. The summed E-state index contributed by atoms with van der Waals surface area (Å²) in [6, 6.07) is 0. The second-order valence-corrected chi connectivity index (χ2v) is 6.92. The summed E-state index contributed by atoms with van der Waals surface area (Å²) in [4.78, 5) is 3.62. The Labute approximate surface area is 118 Å². The highest BCUT2D eigenvalue weighted by molar-refractivity contribution is 5.55. The van der Waals surface area contributed by atoms with E-state index in [-0.39, 0.29) is 11.0 Å². The molecule has 1 aromatic rings. The number of nitrogens with two attached hydrogens (primary N) is 1. The predicted molar refractivity (Wildman–Crippen MR) is 85.5 cm³/mol. The molecular weight excluding hydrogens is 232 g/mol. The molecule has 3 N–H and O–H groups in total. The molecule has 0 aliphatic rings. The van der Waals surface area contributed by atoms with Crippen LogP contribution in [0.15, 0.2) is 6.08 Å². The summed E-state index contributed by atoms with van der Waals surface area (Å²) in [5.74, 6) is 0. The zero-order chi connectivity index (χ0) is 14.8. The van der Waals surface area contributed by atoms with E-state index in [2.05, 4.69) is 65.6 Å². The molecule has 2 heteroatoms. The Morgan fingerprint density at radius 2 is 1.79 bits per heavy atom. The lowest BCUT2D eigenvalue weighted by atomic mass is 9.77. The molecule has 0 spiro atoms. The average Bonchev–Trinajstić information content (AvgIpc) is 2.53. The summed E-state index contributed by atoms with van der Waals surface area (Å²) in [5.41, 5.74) is 11.5. The normalized spacial score (nSPS) is 13.5. The quantitative estimate of drug-likeness (QED) is 0.815. The third-order valence-corrected chi connectivity index (χ3v) is 3.67. The number of aromatic amines is 1. The predicted octanol–water partition coefficient (Wildman–Crippen LogP) is 4.32. The van der Waals surface area contributed by atoms with Crippen molar-refractivity contribution in [3.8, 4) is 0 Å². The van der Waals surface area contributed by atoms with Gasteiger partial charge in [0.25, 0.3) is 0 Å². The van der Waals surface area contributed by atoms with Gasteiger partial charge >= 0.3 is 0 Å². The summed E-state index contributed by atoms with van der Waals surface area (Å²) >= 11 is 0. The monoisotopic (exact) mass is 262 g/mol. The van der Waals surface area contributed by atoms with Crippen LogP contribution in [-0.2, 0) is 11.8 Å². The van der Waals surface area contributed by atoms with Crippen LogP contribution in [0.3, 0.4) is 0 Å². The lowest BCUT2D eigenvalue weighted by Gasteiger charge is -2.32. The Balaban J connectivity index is 3.27. The van der Waals surface area contributed by atoms with E-state index < -0.39 is 0 Å². The highest BCUT2D eigenvalue weighted by Gasteiger charge is 2.31. The molecule has 0 saturated carbocycles. The van der Waals surface area contributed by atoms with Crippen LogP contribution >= 0.6 is 0 Å². The molecule has 0 atom stereocenters. The van der Waals surface area contributed by atoms with Crippen LogP contribution < -0.4 is 5.73 Å². The van der Waals surface area contributed by atoms with E-state index in [1.54, 1.807) is 0 Å². The second-order valence-electron chi connectivity index (χ2n) is 6.92. The van der Waals surface area contributed by atoms with E-state index in [0.29, 0.717) is 0 Å². The molecule has 0 bridgehead atoms. The van der Waals surface area contributed by atoms with Gasteiger partial charge in [-0.15, -0.1) is 0 Å². The van der Waals surface area contributed by atoms with E-state index >= 15 is 0 Å². The van der Waals surface area contributed by atoms with Crippen molar-refractivity contribution >= 4 is 6.08 Å². The second kappa shape index (κ2) is 5.54. The molecule has 108 valence electrons. The number of nitrogens with one attached hydrogen (secondary N) is 1. The van der Waals surface area contributed by atoms with Crippen LogP contribution in [0.4, 0.5) is 0 Å². The fraction of sp³-hybridized carbons (Fsp3) is 0.647. The molecule has 1 aromatic heterocycles. The molecule has 2 nitrogen and oxygen atoms in total. The maximum absolute atomic E-state index is 6.22. The largest absolute Gasteiger partial charge is 0.358 e. The van der Waals surface area contributed by atoms with Crippen molar-refractivity contribution < 1.29 is 0 Å². The Kier molecular flexibility index (Phi) is 4.67. The van der Waals surface area contributed by atoms with Crippen molar-refractivity contribution in [1.29, 1.82) is 0 Å². The Hall–Kier alpha value is -1.02. The van der Waals surface area contributed by atoms with E-state index in [9.17, 15) is 0 Å². The first-order valence-electron chi connectivity index (χ1n) is 7.26. The number of aromatic nitrogens is 1. The zero-order valence-electron chi connectivity index (χ0n) is 13.6. The molecule has 0 unspecified atom stereocenters. The van der Waals surface area contributed by atoms with Crippen LogP contribution in [-0.4, -0.2) is 10.5 Å². The van der Waals surface area contributed by atoms with Gasteiger partial charge < -0.3 is 10.7 Å². The van der Waals surface area contributed by atoms with Crippen LogP contribution in [0.1, 0.15) is 70.5 Å². The maximum Gasteiger partial charge on any atom is 0.0414 e. The molecule has 0 saturated heterocycles. The molecular formula is C17H30N2. The van der Waals surface area contributed by atoms with Gasteiger partial charge in [-0.05, 0) is 57.7 Å². The maximum atomic E-state index is 6.22. The summed E-state index contributed by atoms with van der Waals surface area (Å²) < 4.78 is 0. The van der Waals surface area contributed by atoms with Gasteiger partial charge in [0, 0.05) is 22.3 Å². The summed E-state index contributed by atoms with van der Waals surface area (Å²) in [5, 5.41) is 0. The highest BCUT2D eigenvalue weighted by atomic mass is 14.8. The number of rotatable bonds is 5. The van der Waals surface area contributed by atoms with Crippen LogP contribution in [0.2, 0.25) is 0 Å². The first kappa shape index (κ1) is 16.0. The first-order chi connectivity index (χ1) is 8.62. The number of allylic oxidation sites excluding steroid dienone is 1. The molecule has 19 heavy (non-hydrogen) atoms.